The summed E-state index contributed by atoms with van der Waals surface area (Å²) in [5.74, 6) is 0.958. The van der Waals surface area contributed by atoms with Crippen LogP contribution >= 0.6 is 0 Å². The van der Waals surface area contributed by atoms with Crippen LogP contribution in [0, 0.1) is 5.82 Å². The number of benzene rings is 2. The van der Waals surface area contributed by atoms with Gasteiger partial charge in [0.1, 0.15) is 35.9 Å². The first-order chi connectivity index (χ1) is 21.6. The largest absolute Gasteiger partial charge is 0.419 e. The van der Waals surface area contributed by atoms with E-state index in [9.17, 15) is 22.4 Å². The summed E-state index contributed by atoms with van der Waals surface area (Å²) < 4.78 is 56.4. The smallest absolute Gasteiger partial charge is 0.360 e. The summed E-state index contributed by atoms with van der Waals surface area (Å²) in [4.78, 5) is 30.3. The monoisotopic (exact) mass is 621 g/mol. The van der Waals surface area contributed by atoms with E-state index >= 15 is 0 Å². The van der Waals surface area contributed by atoms with Crippen LogP contribution in [0.4, 0.5) is 29.2 Å². The van der Waals surface area contributed by atoms with Gasteiger partial charge in [-0.1, -0.05) is 30.3 Å². The summed E-state index contributed by atoms with van der Waals surface area (Å²) in [6, 6.07) is 12.7. The molecule has 6 rings (SSSR count). The minimum Gasteiger partial charge on any atom is -0.360 e. The molecule has 0 aliphatic carbocycles. The Hall–Kier alpha value is -4.32. The highest BCUT2D eigenvalue weighted by Crippen LogP contribution is 2.43. The molecule has 4 aromatic rings. The molecule has 2 unspecified atom stereocenters. The number of aromatic nitrogens is 4. The molecule has 4 heterocycles. The number of anilines is 2. The lowest BCUT2D eigenvalue weighted by Gasteiger charge is -2.34. The van der Waals surface area contributed by atoms with Crippen LogP contribution < -0.4 is 10.2 Å². The van der Waals surface area contributed by atoms with E-state index in [-0.39, 0.29) is 17.4 Å². The van der Waals surface area contributed by atoms with Gasteiger partial charge >= 0.3 is 6.18 Å². The second-order valence-corrected chi connectivity index (χ2v) is 12.0. The molecule has 0 saturated carbocycles. The number of piperidine rings is 1. The van der Waals surface area contributed by atoms with Crippen molar-refractivity contribution in [3.8, 4) is 11.3 Å². The Labute approximate surface area is 259 Å². The van der Waals surface area contributed by atoms with Crippen molar-refractivity contribution in [3.63, 3.8) is 0 Å². The Morgan fingerprint density at radius 2 is 1.82 bits per heavy atom. The van der Waals surface area contributed by atoms with Gasteiger partial charge in [0.05, 0.1) is 17.3 Å². The van der Waals surface area contributed by atoms with Gasteiger partial charge in [0.2, 0.25) is 0 Å². The number of carbonyl (C=O) groups excluding carboxylic acids is 1. The average Bonchev–Trinajstić information content (AvgIpc) is 3.62. The van der Waals surface area contributed by atoms with Crippen LogP contribution in [0.2, 0.25) is 0 Å². The molecule has 2 atom stereocenters. The van der Waals surface area contributed by atoms with Crippen LogP contribution in [0.5, 0.6) is 0 Å². The van der Waals surface area contributed by atoms with E-state index in [1.165, 1.54) is 12.4 Å². The number of nitrogens with zero attached hydrogens (tertiary/aromatic N) is 6. The van der Waals surface area contributed by atoms with E-state index in [1.807, 2.05) is 41.8 Å². The van der Waals surface area contributed by atoms with E-state index in [4.69, 9.17) is 4.98 Å². The minimum atomic E-state index is -4.80. The van der Waals surface area contributed by atoms with Crippen molar-refractivity contribution in [2.75, 3.05) is 43.9 Å². The van der Waals surface area contributed by atoms with Crippen LogP contribution in [0.15, 0.2) is 61.1 Å². The molecular weight excluding hydrogens is 586 g/mol. The van der Waals surface area contributed by atoms with Gasteiger partial charge in [-0.05, 0) is 57.1 Å². The second kappa shape index (κ2) is 12.6. The fraction of sp³-hybridized carbons (Fsp3) is 0.394. The average molecular weight is 622 g/mol. The third-order valence-electron chi connectivity index (χ3n) is 8.74. The van der Waals surface area contributed by atoms with Gasteiger partial charge in [-0.2, -0.15) is 13.2 Å². The van der Waals surface area contributed by atoms with Gasteiger partial charge in [0, 0.05) is 55.3 Å². The van der Waals surface area contributed by atoms with Crippen molar-refractivity contribution in [1.82, 2.24) is 24.4 Å². The van der Waals surface area contributed by atoms with Crippen LogP contribution in [0.3, 0.4) is 0 Å². The Morgan fingerprint density at radius 1 is 1.07 bits per heavy atom. The van der Waals surface area contributed by atoms with E-state index in [1.54, 1.807) is 6.20 Å². The number of halogens is 4. The van der Waals surface area contributed by atoms with Crippen molar-refractivity contribution < 1.29 is 22.4 Å². The zero-order valence-electron chi connectivity index (χ0n) is 25.1. The molecule has 0 bridgehead atoms. The number of nitrogens with one attached hydrogen (secondary N) is 1. The second-order valence-electron chi connectivity index (χ2n) is 12.0. The van der Waals surface area contributed by atoms with Crippen molar-refractivity contribution in [2.24, 2.45) is 0 Å². The molecule has 45 heavy (non-hydrogen) atoms. The molecule has 12 heteroatoms. The highest BCUT2D eigenvalue weighted by Gasteiger charge is 2.38. The van der Waals surface area contributed by atoms with Crippen molar-refractivity contribution in [1.29, 1.82) is 0 Å². The Morgan fingerprint density at radius 3 is 2.51 bits per heavy atom. The van der Waals surface area contributed by atoms with E-state index < -0.39 is 23.6 Å². The lowest BCUT2D eigenvalue weighted by atomic mass is 9.89. The summed E-state index contributed by atoms with van der Waals surface area (Å²) in [7, 11) is 3.92. The quantitative estimate of drug-likeness (QED) is 0.188. The molecule has 0 spiro atoms. The first-order valence-electron chi connectivity index (χ1n) is 15.1. The zero-order chi connectivity index (χ0) is 31.7. The normalized spacial score (nSPS) is 18.7. The van der Waals surface area contributed by atoms with Gasteiger partial charge in [-0.25, -0.2) is 19.3 Å². The molecule has 236 valence electrons. The molecule has 2 aromatic carbocycles. The van der Waals surface area contributed by atoms with Crippen molar-refractivity contribution in [3.05, 3.63) is 89.4 Å². The molecule has 0 amide bonds. The summed E-state index contributed by atoms with van der Waals surface area (Å²) in [5.41, 5.74) is 1.39. The molecule has 2 aliphatic rings. The summed E-state index contributed by atoms with van der Waals surface area (Å²) in [5, 5.41) is 3.28. The SMILES string of the molecule is CN(C)CCn1cc(-c2ccc(F)c(C(F)(F)F)c2)nc1C1CCN(c2ncnc3c2C(Cc2ccccc2)C(C=O)N3)CC1. The van der Waals surface area contributed by atoms with Gasteiger partial charge < -0.3 is 24.5 Å². The predicted octanol–water partition coefficient (Wildman–Crippen LogP) is 5.76. The molecule has 8 nitrogen and oxygen atoms in total. The summed E-state index contributed by atoms with van der Waals surface area (Å²) in [6.07, 6.45) is 1.62. The van der Waals surface area contributed by atoms with Crippen LogP contribution in [0.1, 0.15) is 47.2 Å². The topological polar surface area (TPSA) is 79.2 Å². The number of imidazole rings is 1. The predicted molar refractivity (Wildman–Crippen MR) is 164 cm³/mol. The fourth-order valence-corrected chi connectivity index (χ4v) is 6.39. The zero-order valence-corrected chi connectivity index (χ0v) is 25.1. The van der Waals surface area contributed by atoms with Crippen LogP contribution in [-0.4, -0.2) is 70.5 Å². The maximum absolute atomic E-state index is 14.0. The number of aldehydes is 1. The molecular formula is C33H35F4N7O. The van der Waals surface area contributed by atoms with E-state index in [2.05, 4.69) is 32.3 Å². The molecule has 1 N–H and O–H groups in total. The molecule has 1 saturated heterocycles. The number of likely N-dealkylation sites (N-methyl/N-ethyl adjacent to an activating group) is 1. The number of hydrogen-bond acceptors (Lipinski definition) is 7. The Balaban J connectivity index is 1.25. The minimum absolute atomic E-state index is 0.0653. The standard InChI is InChI=1S/C33H35F4N7O/c1-42(2)14-15-44-18-27(23-8-9-26(34)25(17-23)33(35,36)37)41-31(44)22-10-12-43(13-11-22)32-29-24(16-21-6-4-3-5-7-21)28(19-45)40-30(29)38-20-39-32/h3-9,17-20,22,24,28H,10-16H2,1-2H3,(H,38,39,40). The van der Waals surface area contributed by atoms with Gasteiger partial charge in [0.25, 0.3) is 0 Å². The van der Waals surface area contributed by atoms with Crippen molar-refractivity contribution in [2.45, 2.75) is 49.9 Å². The van der Waals surface area contributed by atoms with E-state index in [0.29, 0.717) is 37.6 Å². The number of hydrogen-bond donors (Lipinski definition) is 1. The molecule has 2 aliphatic heterocycles. The molecule has 1 fully saturated rings. The van der Waals surface area contributed by atoms with E-state index in [0.717, 1.165) is 60.6 Å². The Bertz CT molecular complexity index is 1650. The van der Waals surface area contributed by atoms with Gasteiger partial charge in [-0.3, -0.25) is 0 Å². The third-order valence-corrected chi connectivity index (χ3v) is 8.74. The number of rotatable bonds is 9. The highest BCUT2D eigenvalue weighted by molar-refractivity contribution is 5.76. The lowest BCUT2D eigenvalue weighted by molar-refractivity contribution is -0.139. The highest BCUT2D eigenvalue weighted by atomic mass is 19.4. The maximum Gasteiger partial charge on any atom is 0.419 e. The summed E-state index contributed by atoms with van der Waals surface area (Å²) in [6.45, 7) is 2.70. The molecule has 0 radical (unpaired) electrons. The lowest BCUT2D eigenvalue weighted by Crippen LogP contribution is -2.35. The molecule has 2 aromatic heterocycles. The third kappa shape index (κ3) is 6.42. The number of fused-ring (bicyclic) bond motifs is 1. The van der Waals surface area contributed by atoms with Crippen molar-refractivity contribution >= 4 is 17.9 Å². The fourth-order valence-electron chi connectivity index (χ4n) is 6.39. The Kier molecular flexibility index (Phi) is 8.59. The van der Waals surface area contributed by atoms with Gasteiger partial charge in [0.15, 0.2) is 0 Å². The van der Waals surface area contributed by atoms with Gasteiger partial charge in [-0.15, -0.1) is 0 Å². The first-order valence-corrected chi connectivity index (χ1v) is 15.1. The first kappa shape index (κ1) is 30.7. The number of alkyl halides is 3. The maximum atomic E-state index is 14.0. The van der Waals surface area contributed by atoms with Crippen LogP contribution in [-0.2, 0) is 23.9 Å². The van der Waals surface area contributed by atoms with Crippen LogP contribution in [0.25, 0.3) is 11.3 Å². The number of carbonyl (C=O) groups is 1. The summed E-state index contributed by atoms with van der Waals surface area (Å²) >= 11 is 0.